The van der Waals surface area contributed by atoms with Crippen LogP contribution in [0.15, 0.2) is 12.1 Å². The summed E-state index contributed by atoms with van der Waals surface area (Å²) in [4.78, 5) is 34.9. The molecule has 8 heteroatoms. The first-order valence-corrected chi connectivity index (χ1v) is 10.4. The molecule has 3 aromatic rings. The summed E-state index contributed by atoms with van der Waals surface area (Å²) in [5.41, 5.74) is 5.26. The van der Waals surface area contributed by atoms with Crippen LogP contribution >= 0.6 is 22.7 Å². The fourth-order valence-corrected chi connectivity index (χ4v) is 4.78. The van der Waals surface area contributed by atoms with Crippen molar-refractivity contribution in [1.29, 1.82) is 0 Å². The molecule has 0 saturated carbocycles. The standard InChI is InChI=1S/C20H22N4O2S2/c1-9-7-10(2)15(11(3)8-9)23-18(25)17-13(5)22-20(28-17)24-19(26)16-12(4)21-14(6)27-16/h7-8H,1-6H3,(H,23,25)(H,22,24,26). The molecule has 0 aliphatic rings. The Hall–Kier alpha value is -2.58. The Kier molecular flexibility index (Phi) is 5.62. The van der Waals surface area contributed by atoms with Crippen molar-refractivity contribution in [3.8, 4) is 0 Å². The van der Waals surface area contributed by atoms with Crippen LogP contribution in [0.25, 0.3) is 0 Å². The second-order valence-electron chi connectivity index (χ2n) is 6.76. The highest BCUT2D eigenvalue weighted by Gasteiger charge is 2.20. The van der Waals surface area contributed by atoms with Crippen molar-refractivity contribution in [2.45, 2.75) is 41.5 Å². The number of amides is 2. The van der Waals surface area contributed by atoms with Gasteiger partial charge in [0.2, 0.25) is 0 Å². The van der Waals surface area contributed by atoms with Crippen LogP contribution in [0.3, 0.4) is 0 Å². The number of thiazole rings is 2. The van der Waals surface area contributed by atoms with Gasteiger partial charge in [0.1, 0.15) is 9.75 Å². The maximum atomic E-state index is 12.8. The van der Waals surface area contributed by atoms with Crippen molar-refractivity contribution in [3.05, 3.63) is 55.0 Å². The van der Waals surface area contributed by atoms with E-state index in [9.17, 15) is 9.59 Å². The molecular weight excluding hydrogens is 392 g/mol. The molecule has 0 fully saturated rings. The molecule has 2 amide bonds. The molecule has 6 nitrogen and oxygen atoms in total. The lowest BCUT2D eigenvalue weighted by molar-refractivity contribution is 0.102. The fourth-order valence-electron chi connectivity index (χ4n) is 3.10. The summed E-state index contributed by atoms with van der Waals surface area (Å²) in [6, 6.07) is 4.07. The molecule has 1 aromatic carbocycles. The topological polar surface area (TPSA) is 84.0 Å². The van der Waals surface area contributed by atoms with Gasteiger partial charge in [-0.3, -0.25) is 14.9 Å². The Morgan fingerprint density at radius 3 is 1.89 bits per heavy atom. The number of nitrogens with one attached hydrogen (secondary N) is 2. The molecule has 146 valence electrons. The molecule has 28 heavy (non-hydrogen) atoms. The first-order valence-electron chi connectivity index (χ1n) is 8.77. The molecular formula is C20H22N4O2S2. The van der Waals surface area contributed by atoms with Crippen LogP contribution in [0.4, 0.5) is 10.8 Å². The van der Waals surface area contributed by atoms with E-state index in [2.05, 4.69) is 20.6 Å². The Balaban J connectivity index is 1.79. The molecule has 0 spiro atoms. The van der Waals surface area contributed by atoms with Crippen LogP contribution in [0.5, 0.6) is 0 Å². The zero-order valence-corrected chi connectivity index (χ0v) is 18.3. The number of aromatic nitrogens is 2. The lowest BCUT2D eigenvalue weighted by Gasteiger charge is -2.12. The maximum Gasteiger partial charge on any atom is 0.269 e. The van der Waals surface area contributed by atoms with Crippen LogP contribution in [-0.4, -0.2) is 21.8 Å². The van der Waals surface area contributed by atoms with Gasteiger partial charge < -0.3 is 5.32 Å². The quantitative estimate of drug-likeness (QED) is 0.632. The molecule has 0 aliphatic heterocycles. The summed E-state index contributed by atoms with van der Waals surface area (Å²) in [7, 11) is 0. The van der Waals surface area contributed by atoms with Gasteiger partial charge in [-0.05, 0) is 52.7 Å². The van der Waals surface area contributed by atoms with Gasteiger partial charge in [0, 0.05) is 5.69 Å². The van der Waals surface area contributed by atoms with Crippen molar-refractivity contribution < 1.29 is 9.59 Å². The number of hydrogen-bond donors (Lipinski definition) is 2. The third kappa shape index (κ3) is 4.13. The van der Waals surface area contributed by atoms with E-state index in [1.54, 1.807) is 13.8 Å². The highest BCUT2D eigenvalue weighted by Crippen LogP contribution is 2.28. The third-order valence-corrected chi connectivity index (χ3v) is 6.39. The highest BCUT2D eigenvalue weighted by molar-refractivity contribution is 7.18. The van der Waals surface area contributed by atoms with Crippen LogP contribution in [-0.2, 0) is 0 Å². The molecule has 0 saturated heterocycles. The molecule has 0 aliphatic carbocycles. The summed E-state index contributed by atoms with van der Waals surface area (Å²) in [6.45, 7) is 11.4. The summed E-state index contributed by atoms with van der Waals surface area (Å²) >= 11 is 2.51. The van der Waals surface area contributed by atoms with Gasteiger partial charge in [-0.25, -0.2) is 9.97 Å². The lowest BCUT2D eigenvalue weighted by atomic mass is 10.1. The van der Waals surface area contributed by atoms with Crippen molar-refractivity contribution in [2.24, 2.45) is 0 Å². The van der Waals surface area contributed by atoms with Crippen LogP contribution < -0.4 is 10.6 Å². The van der Waals surface area contributed by atoms with Crippen LogP contribution in [0, 0.1) is 41.5 Å². The molecule has 0 bridgehead atoms. The van der Waals surface area contributed by atoms with Crippen LogP contribution in [0.1, 0.15) is 52.4 Å². The van der Waals surface area contributed by atoms with Crippen LogP contribution in [0.2, 0.25) is 0 Å². The number of rotatable bonds is 4. The van der Waals surface area contributed by atoms with Gasteiger partial charge in [-0.2, -0.15) is 0 Å². The normalized spacial score (nSPS) is 10.8. The molecule has 3 rings (SSSR count). The predicted molar refractivity (Wildman–Crippen MR) is 115 cm³/mol. The minimum atomic E-state index is -0.256. The highest BCUT2D eigenvalue weighted by atomic mass is 32.1. The number of nitrogens with zero attached hydrogens (tertiary/aromatic N) is 2. The van der Waals surface area contributed by atoms with Crippen molar-refractivity contribution in [1.82, 2.24) is 9.97 Å². The van der Waals surface area contributed by atoms with E-state index in [4.69, 9.17) is 0 Å². The largest absolute Gasteiger partial charge is 0.321 e. The second kappa shape index (κ2) is 7.81. The van der Waals surface area contributed by atoms with Crippen molar-refractivity contribution >= 4 is 45.3 Å². The Labute approximate surface area is 172 Å². The SMILES string of the molecule is Cc1cc(C)c(NC(=O)c2sc(NC(=O)c3sc(C)nc3C)nc2C)c(C)c1. The van der Waals surface area contributed by atoms with E-state index < -0.39 is 0 Å². The number of carbonyl (C=O) groups excluding carboxylic acids is 2. The second-order valence-corrected chi connectivity index (χ2v) is 8.97. The number of carbonyl (C=O) groups is 2. The number of aryl methyl sites for hydroxylation is 6. The first-order chi connectivity index (χ1) is 13.2. The predicted octanol–water partition coefficient (Wildman–Crippen LogP) is 4.95. The molecule has 2 aromatic heterocycles. The third-order valence-electron chi connectivity index (χ3n) is 4.25. The van der Waals surface area contributed by atoms with Gasteiger partial charge in [0.15, 0.2) is 5.13 Å². The van der Waals surface area contributed by atoms with E-state index in [1.165, 1.54) is 22.7 Å². The van der Waals surface area contributed by atoms with E-state index in [0.29, 0.717) is 26.3 Å². The van der Waals surface area contributed by atoms with Gasteiger partial charge in [0.05, 0.1) is 16.4 Å². The molecule has 0 atom stereocenters. The maximum absolute atomic E-state index is 12.8. The molecule has 2 heterocycles. The van der Waals surface area contributed by atoms with E-state index >= 15 is 0 Å². The Morgan fingerprint density at radius 1 is 0.786 bits per heavy atom. The summed E-state index contributed by atoms with van der Waals surface area (Å²) in [6.07, 6.45) is 0. The zero-order valence-electron chi connectivity index (χ0n) is 16.7. The van der Waals surface area contributed by atoms with Crippen molar-refractivity contribution in [3.63, 3.8) is 0 Å². The number of benzene rings is 1. The summed E-state index contributed by atoms with van der Waals surface area (Å²) in [5.74, 6) is -0.482. The molecule has 2 N–H and O–H groups in total. The average molecular weight is 415 g/mol. The fraction of sp³-hybridized carbons (Fsp3) is 0.300. The van der Waals surface area contributed by atoms with Gasteiger partial charge >= 0.3 is 0 Å². The number of anilines is 2. The minimum Gasteiger partial charge on any atom is -0.321 e. The average Bonchev–Trinajstić information content (AvgIpc) is 3.12. The Bertz CT molecular complexity index is 1060. The van der Waals surface area contributed by atoms with Gasteiger partial charge in [-0.15, -0.1) is 11.3 Å². The summed E-state index contributed by atoms with van der Waals surface area (Å²) < 4.78 is 0. The first kappa shape index (κ1) is 20.2. The van der Waals surface area contributed by atoms with Gasteiger partial charge in [0.25, 0.3) is 11.8 Å². The Morgan fingerprint density at radius 2 is 1.32 bits per heavy atom. The minimum absolute atomic E-state index is 0.227. The zero-order chi connectivity index (χ0) is 20.6. The molecule has 0 unspecified atom stereocenters. The lowest BCUT2D eigenvalue weighted by Crippen LogP contribution is -2.13. The number of hydrogen-bond acceptors (Lipinski definition) is 6. The smallest absolute Gasteiger partial charge is 0.269 e. The summed E-state index contributed by atoms with van der Waals surface area (Å²) in [5, 5.41) is 7.00. The van der Waals surface area contributed by atoms with Gasteiger partial charge in [-0.1, -0.05) is 29.0 Å². The van der Waals surface area contributed by atoms with Crippen molar-refractivity contribution in [2.75, 3.05) is 10.6 Å². The monoisotopic (exact) mass is 414 g/mol. The van der Waals surface area contributed by atoms with E-state index in [1.807, 2.05) is 39.8 Å². The molecule has 0 radical (unpaired) electrons. The van der Waals surface area contributed by atoms with E-state index in [0.717, 1.165) is 27.4 Å². The van der Waals surface area contributed by atoms with E-state index in [-0.39, 0.29) is 11.8 Å².